The summed E-state index contributed by atoms with van der Waals surface area (Å²) in [6.07, 6.45) is 3.37. The molecule has 2 N–H and O–H groups in total. The summed E-state index contributed by atoms with van der Waals surface area (Å²) < 4.78 is 7.12. The van der Waals surface area contributed by atoms with Gasteiger partial charge in [0.25, 0.3) is 5.91 Å². The summed E-state index contributed by atoms with van der Waals surface area (Å²) in [6, 6.07) is 6.01. The molecule has 0 radical (unpaired) electrons. The Balaban J connectivity index is 1.76. The average Bonchev–Trinajstić information content (AvgIpc) is 3.19. The van der Waals surface area contributed by atoms with Gasteiger partial charge in [-0.2, -0.15) is 9.61 Å². The highest BCUT2D eigenvalue weighted by Crippen LogP contribution is 2.26. The van der Waals surface area contributed by atoms with Crippen molar-refractivity contribution in [1.82, 2.24) is 24.9 Å². The van der Waals surface area contributed by atoms with E-state index in [2.05, 4.69) is 25.5 Å². The lowest BCUT2D eigenvalue weighted by Crippen LogP contribution is -2.36. The normalized spacial score (nSPS) is 14.4. The van der Waals surface area contributed by atoms with E-state index in [1.807, 2.05) is 32.0 Å². The van der Waals surface area contributed by atoms with Crippen LogP contribution in [-0.4, -0.2) is 64.9 Å². The zero-order chi connectivity index (χ0) is 20.4. The van der Waals surface area contributed by atoms with E-state index < -0.39 is 0 Å². The second-order valence-corrected chi connectivity index (χ2v) is 7.20. The van der Waals surface area contributed by atoms with Crippen molar-refractivity contribution in [3.63, 3.8) is 0 Å². The van der Waals surface area contributed by atoms with E-state index in [4.69, 9.17) is 9.84 Å². The first-order valence-electron chi connectivity index (χ1n) is 9.73. The number of amides is 1. The van der Waals surface area contributed by atoms with Crippen LogP contribution in [0.2, 0.25) is 0 Å². The van der Waals surface area contributed by atoms with Crippen LogP contribution in [0.3, 0.4) is 0 Å². The third kappa shape index (κ3) is 3.86. The Morgan fingerprint density at radius 3 is 2.72 bits per heavy atom. The van der Waals surface area contributed by atoms with E-state index in [0.29, 0.717) is 30.2 Å². The molecule has 9 heteroatoms. The van der Waals surface area contributed by atoms with Crippen molar-refractivity contribution in [2.24, 2.45) is 0 Å². The molecule has 1 fully saturated rings. The standard InChI is InChI=1S/C20H25N7O2/c1-13(2)24-19-15(20(28)21-3)12-23-18-11-16(25-27(18)19)14-4-5-22-17(10-14)26-6-8-29-9-7-26/h4-5,10-13,24H,6-9H2,1-3H3,(H,21,28). The van der Waals surface area contributed by atoms with Crippen LogP contribution in [0.25, 0.3) is 16.9 Å². The molecule has 0 bridgehead atoms. The van der Waals surface area contributed by atoms with Crippen LogP contribution in [0, 0.1) is 0 Å². The monoisotopic (exact) mass is 395 g/mol. The molecule has 3 aromatic heterocycles. The number of morpholine rings is 1. The highest BCUT2D eigenvalue weighted by molar-refractivity contribution is 5.98. The zero-order valence-electron chi connectivity index (χ0n) is 16.8. The van der Waals surface area contributed by atoms with Gasteiger partial charge in [0, 0.05) is 50.2 Å². The number of aromatic nitrogens is 4. The third-order valence-electron chi connectivity index (χ3n) is 4.76. The van der Waals surface area contributed by atoms with Gasteiger partial charge in [-0.1, -0.05) is 0 Å². The molecular formula is C20H25N7O2. The number of fused-ring (bicyclic) bond motifs is 1. The summed E-state index contributed by atoms with van der Waals surface area (Å²) in [5.41, 5.74) is 2.84. The second-order valence-electron chi connectivity index (χ2n) is 7.20. The SMILES string of the molecule is CNC(=O)c1cnc2cc(-c3ccnc(N4CCOCC4)c3)nn2c1NC(C)C. The van der Waals surface area contributed by atoms with Crippen molar-refractivity contribution >= 4 is 23.2 Å². The molecule has 1 saturated heterocycles. The average molecular weight is 395 g/mol. The Bertz CT molecular complexity index is 1020. The number of rotatable bonds is 5. The van der Waals surface area contributed by atoms with Gasteiger partial charge >= 0.3 is 0 Å². The Kier molecular flexibility index (Phi) is 5.30. The van der Waals surface area contributed by atoms with Crippen LogP contribution >= 0.6 is 0 Å². The number of nitrogens with one attached hydrogen (secondary N) is 2. The van der Waals surface area contributed by atoms with Crippen LogP contribution in [0.15, 0.2) is 30.6 Å². The van der Waals surface area contributed by atoms with Gasteiger partial charge in [0.1, 0.15) is 17.2 Å². The summed E-state index contributed by atoms with van der Waals surface area (Å²) in [5, 5.41) is 10.7. The maximum absolute atomic E-state index is 12.3. The number of nitrogens with zero attached hydrogens (tertiary/aromatic N) is 5. The number of anilines is 2. The van der Waals surface area contributed by atoms with E-state index in [9.17, 15) is 4.79 Å². The zero-order valence-corrected chi connectivity index (χ0v) is 16.8. The van der Waals surface area contributed by atoms with Crippen molar-refractivity contribution < 1.29 is 9.53 Å². The second kappa shape index (κ2) is 8.04. The first kappa shape index (κ1) is 19.1. The fraction of sp³-hybridized carbons (Fsp3) is 0.400. The van der Waals surface area contributed by atoms with Crippen molar-refractivity contribution in [1.29, 1.82) is 0 Å². The minimum atomic E-state index is -0.210. The molecular weight excluding hydrogens is 370 g/mol. The lowest BCUT2D eigenvalue weighted by Gasteiger charge is -2.27. The van der Waals surface area contributed by atoms with Crippen molar-refractivity contribution in [2.45, 2.75) is 19.9 Å². The molecule has 1 aliphatic heterocycles. The smallest absolute Gasteiger partial charge is 0.256 e. The lowest BCUT2D eigenvalue weighted by molar-refractivity contribution is 0.0963. The molecule has 152 valence electrons. The lowest BCUT2D eigenvalue weighted by atomic mass is 10.2. The summed E-state index contributed by atoms with van der Waals surface area (Å²) in [5.74, 6) is 1.32. The number of hydrogen-bond donors (Lipinski definition) is 2. The van der Waals surface area contributed by atoms with Gasteiger partial charge < -0.3 is 20.3 Å². The maximum Gasteiger partial charge on any atom is 0.256 e. The van der Waals surface area contributed by atoms with Crippen LogP contribution < -0.4 is 15.5 Å². The topological polar surface area (TPSA) is 96.7 Å². The number of pyridine rings is 1. The van der Waals surface area contributed by atoms with Crippen LogP contribution in [0.1, 0.15) is 24.2 Å². The first-order valence-corrected chi connectivity index (χ1v) is 9.73. The molecule has 3 aromatic rings. The fourth-order valence-corrected chi connectivity index (χ4v) is 3.33. The van der Waals surface area contributed by atoms with E-state index >= 15 is 0 Å². The van der Waals surface area contributed by atoms with Gasteiger partial charge in [0.2, 0.25) is 0 Å². The predicted octanol–water partition coefficient (Wildman–Crippen LogP) is 1.81. The van der Waals surface area contributed by atoms with Crippen LogP contribution in [0.5, 0.6) is 0 Å². The summed E-state index contributed by atoms with van der Waals surface area (Å²) in [4.78, 5) is 23.4. The van der Waals surface area contributed by atoms with Gasteiger partial charge in [-0.05, 0) is 26.0 Å². The molecule has 0 aromatic carbocycles. The van der Waals surface area contributed by atoms with Crippen molar-refractivity contribution in [2.75, 3.05) is 43.6 Å². The maximum atomic E-state index is 12.3. The molecule has 0 aliphatic carbocycles. The molecule has 0 atom stereocenters. The van der Waals surface area contributed by atoms with Gasteiger partial charge in [0.05, 0.1) is 18.9 Å². The van der Waals surface area contributed by atoms with Crippen LogP contribution in [0.4, 0.5) is 11.6 Å². The minimum Gasteiger partial charge on any atom is -0.378 e. The molecule has 0 saturated carbocycles. The summed E-state index contributed by atoms with van der Waals surface area (Å²) >= 11 is 0. The molecule has 1 amide bonds. The van der Waals surface area contributed by atoms with Crippen molar-refractivity contribution in [3.05, 3.63) is 36.2 Å². The molecule has 9 nitrogen and oxygen atoms in total. The minimum absolute atomic E-state index is 0.130. The van der Waals surface area contributed by atoms with Gasteiger partial charge in [0.15, 0.2) is 5.65 Å². The van der Waals surface area contributed by atoms with Gasteiger partial charge in [-0.25, -0.2) is 9.97 Å². The number of carbonyl (C=O) groups excluding carboxylic acids is 1. The fourth-order valence-electron chi connectivity index (χ4n) is 3.33. The molecule has 0 unspecified atom stereocenters. The Morgan fingerprint density at radius 1 is 1.21 bits per heavy atom. The Hall–Kier alpha value is -3.20. The first-order chi connectivity index (χ1) is 14.1. The van der Waals surface area contributed by atoms with E-state index in [1.54, 1.807) is 24.0 Å². The van der Waals surface area contributed by atoms with Gasteiger partial charge in [-0.15, -0.1) is 0 Å². The Morgan fingerprint density at radius 2 is 2.00 bits per heavy atom. The van der Waals surface area contributed by atoms with Crippen LogP contribution in [-0.2, 0) is 4.74 Å². The highest BCUT2D eigenvalue weighted by atomic mass is 16.5. The third-order valence-corrected chi connectivity index (χ3v) is 4.76. The largest absolute Gasteiger partial charge is 0.378 e. The molecule has 0 spiro atoms. The summed E-state index contributed by atoms with van der Waals surface area (Å²) in [6.45, 7) is 7.08. The Labute approximate surface area is 169 Å². The molecule has 4 heterocycles. The highest BCUT2D eigenvalue weighted by Gasteiger charge is 2.19. The summed E-state index contributed by atoms with van der Waals surface area (Å²) in [7, 11) is 1.60. The molecule has 29 heavy (non-hydrogen) atoms. The van der Waals surface area contributed by atoms with E-state index in [-0.39, 0.29) is 11.9 Å². The predicted molar refractivity (Wildman–Crippen MR) is 111 cm³/mol. The number of carbonyl (C=O) groups is 1. The quantitative estimate of drug-likeness (QED) is 0.680. The van der Waals surface area contributed by atoms with E-state index in [1.165, 1.54) is 0 Å². The van der Waals surface area contributed by atoms with Crippen molar-refractivity contribution in [3.8, 4) is 11.3 Å². The number of hydrogen-bond acceptors (Lipinski definition) is 7. The molecule has 1 aliphatic rings. The number of ether oxygens (including phenoxy) is 1. The van der Waals surface area contributed by atoms with Gasteiger partial charge in [-0.3, -0.25) is 4.79 Å². The molecule has 4 rings (SSSR count). The van der Waals surface area contributed by atoms with E-state index in [0.717, 1.165) is 30.2 Å².